The number of pyridine rings is 1. The van der Waals surface area contributed by atoms with Crippen molar-refractivity contribution in [3.63, 3.8) is 0 Å². The van der Waals surface area contributed by atoms with Crippen LogP contribution in [0.25, 0.3) is 0 Å². The summed E-state index contributed by atoms with van der Waals surface area (Å²) in [4.78, 5) is 16.1. The Morgan fingerprint density at radius 3 is 2.46 bits per heavy atom. The predicted molar refractivity (Wildman–Crippen MR) is 96.6 cm³/mol. The molecule has 1 fully saturated rings. The van der Waals surface area contributed by atoms with Gasteiger partial charge in [0.2, 0.25) is 11.5 Å². The molecule has 2 heterocycles. The van der Waals surface area contributed by atoms with Crippen LogP contribution in [0.15, 0.2) is 36.5 Å². The zero-order valence-electron chi connectivity index (χ0n) is 14.4. The van der Waals surface area contributed by atoms with E-state index in [2.05, 4.69) is 21.2 Å². The molecule has 0 radical (unpaired) electrons. The molecule has 1 aliphatic rings. The van der Waals surface area contributed by atoms with Gasteiger partial charge in [0.05, 0.1) is 5.02 Å². The van der Waals surface area contributed by atoms with Gasteiger partial charge in [0, 0.05) is 12.7 Å². The number of halogens is 5. The molecular formula is C17H15Cl2F3N4O2. The van der Waals surface area contributed by atoms with Gasteiger partial charge in [0.25, 0.3) is 5.91 Å². The summed E-state index contributed by atoms with van der Waals surface area (Å²) in [6.07, 6.45) is -4.02. The van der Waals surface area contributed by atoms with E-state index in [9.17, 15) is 18.0 Å². The van der Waals surface area contributed by atoms with Gasteiger partial charge in [0.15, 0.2) is 6.10 Å². The molecule has 0 aliphatic carbocycles. The maximum Gasteiger partial charge on any atom is 0.426 e. The van der Waals surface area contributed by atoms with Crippen LogP contribution in [0, 0.1) is 0 Å². The van der Waals surface area contributed by atoms with Crippen molar-refractivity contribution in [2.75, 3.05) is 0 Å². The number of hydrazine groups is 1. The summed E-state index contributed by atoms with van der Waals surface area (Å²) in [6, 6.07) is 7.15. The van der Waals surface area contributed by atoms with E-state index in [4.69, 9.17) is 27.9 Å². The number of aromatic nitrogens is 1. The van der Waals surface area contributed by atoms with E-state index in [0.717, 1.165) is 0 Å². The third-order valence-electron chi connectivity index (χ3n) is 4.09. The fourth-order valence-electron chi connectivity index (χ4n) is 2.43. The zero-order chi connectivity index (χ0) is 20.5. The molecule has 0 saturated carbocycles. The fraction of sp³-hybridized carbons (Fsp3) is 0.294. The van der Waals surface area contributed by atoms with Gasteiger partial charge in [-0.2, -0.15) is 13.2 Å². The third-order valence-corrected chi connectivity index (χ3v) is 4.56. The molecule has 3 N–H and O–H groups in total. The SMILES string of the molecule is CC(Oc1ncc(Cl)cc1Cl)C(=O)NCc1ccc(C2(C(F)(F)F)NN2)cc1. The summed E-state index contributed by atoms with van der Waals surface area (Å²) < 4.78 is 44.5. The lowest BCUT2D eigenvalue weighted by molar-refractivity contribution is -0.165. The largest absolute Gasteiger partial charge is 0.463 e. The van der Waals surface area contributed by atoms with Crippen LogP contribution in [-0.4, -0.2) is 23.2 Å². The topological polar surface area (TPSA) is 95.1 Å². The Morgan fingerprint density at radius 2 is 1.93 bits per heavy atom. The second-order valence-electron chi connectivity index (χ2n) is 6.11. The minimum Gasteiger partial charge on any atom is -0.463 e. The molecule has 2 aromatic rings. The Kier molecular flexibility index (Phi) is 5.72. The average Bonchev–Trinajstić information content (AvgIpc) is 3.44. The van der Waals surface area contributed by atoms with E-state index >= 15 is 0 Å². The van der Waals surface area contributed by atoms with Crippen LogP contribution in [-0.2, 0) is 17.0 Å². The first-order chi connectivity index (χ1) is 13.1. The molecule has 1 atom stereocenters. The standard InChI is InChI=1S/C17H15Cl2F3N4O2/c1-9(28-15-13(19)6-12(18)8-24-15)14(27)23-7-10-2-4-11(5-3-10)16(25-26-16)17(20,21)22/h2-6,8-9,25-26H,7H2,1H3,(H,23,27). The normalized spacial score (nSPS) is 16.4. The third kappa shape index (κ3) is 4.33. The minimum atomic E-state index is -4.47. The van der Waals surface area contributed by atoms with Gasteiger partial charge in [-0.15, -0.1) is 0 Å². The number of benzene rings is 1. The lowest BCUT2D eigenvalue weighted by Gasteiger charge is -2.17. The highest BCUT2D eigenvalue weighted by Gasteiger charge is 2.65. The lowest BCUT2D eigenvalue weighted by Crippen LogP contribution is -2.36. The van der Waals surface area contributed by atoms with Crippen LogP contribution >= 0.6 is 23.2 Å². The van der Waals surface area contributed by atoms with Crippen LogP contribution in [0.4, 0.5) is 13.2 Å². The van der Waals surface area contributed by atoms with Crippen molar-refractivity contribution >= 4 is 29.1 Å². The average molecular weight is 435 g/mol. The van der Waals surface area contributed by atoms with Crippen molar-refractivity contribution in [2.45, 2.75) is 31.4 Å². The van der Waals surface area contributed by atoms with Gasteiger partial charge in [-0.1, -0.05) is 47.5 Å². The van der Waals surface area contributed by atoms with Crippen LogP contribution in [0.2, 0.25) is 10.0 Å². The van der Waals surface area contributed by atoms with Crippen molar-refractivity contribution in [3.8, 4) is 5.88 Å². The lowest BCUT2D eigenvalue weighted by atomic mass is 10.0. The van der Waals surface area contributed by atoms with Crippen LogP contribution in [0.1, 0.15) is 18.1 Å². The highest BCUT2D eigenvalue weighted by Crippen LogP contribution is 2.41. The molecule has 1 amide bonds. The summed E-state index contributed by atoms with van der Waals surface area (Å²) in [5.74, 6) is -0.367. The van der Waals surface area contributed by atoms with Crippen LogP contribution in [0.3, 0.4) is 0 Å². The number of rotatable bonds is 6. The first-order valence-corrected chi connectivity index (χ1v) is 8.84. The molecule has 3 rings (SSSR count). The molecule has 1 aliphatic heterocycles. The number of hydrogen-bond donors (Lipinski definition) is 3. The van der Waals surface area contributed by atoms with Gasteiger partial charge >= 0.3 is 6.18 Å². The monoisotopic (exact) mass is 434 g/mol. The summed E-state index contributed by atoms with van der Waals surface area (Å²) in [7, 11) is 0. The van der Waals surface area contributed by atoms with Crippen molar-refractivity contribution in [1.29, 1.82) is 0 Å². The Morgan fingerprint density at radius 1 is 1.29 bits per heavy atom. The Hall–Kier alpha value is -2.07. The summed E-state index contributed by atoms with van der Waals surface area (Å²) >= 11 is 11.7. The quantitative estimate of drug-likeness (QED) is 0.606. The Bertz CT molecular complexity index is 874. The highest BCUT2D eigenvalue weighted by atomic mass is 35.5. The summed E-state index contributed by atoms with van der Waals surface area (Å²) in [5, 5.41) is 3.14. The van der Waals surface area contributed by atoms with Gasteiger partial charge < -0.3 is 10.1 Å². The van der Waals surface area contributed by atoms with E-state index in [1.807, 2.05) is 0 Å². The Labute approximate surface area is 168 Å². The molecule has 1 saturated heterocycles. The number of ether oxygens (including phenoxy) is 1. The maximum atomic E-state index is 13.0. The molecule has 6 nitrogen and oxygen atoms in total. The molecule has 0 bridgehead atoms. The van der Waals surface area contributed by atoms with Crippen LogP contribution in [0.5, 0.6) is 5.88 Å². The number of alkyl halides is 3. The summed E-state index contributed by atoms with van der Waals surface area (Å²) in [5.41, 5.74) is 2.73. The predicted octanol–water partition coefficient (Wildman–Crippen LogP) is 3.29. The van der Waals surface area contributed by atoms with E-state index in [0.29, 0.717) is 10.6 Å². The molecule has 1 unspecified atom stereocenters. The molecule has 150 valence electrons. The number of nitrogens with zero attached hydrogens (tertiary/aromatic N) is 1. The van der Waals surface area contributed by atoms with Crippen LogP contribution < -0.4 is 20.9 Å². The molecular weight excluding hydrogens is 420 g/mol. The number of carbonyl (C=O) groups is 1. The van der Waals surface area contributed by atoms with E-state index in [-0.39, 0.29) is 23.0 Å². The number of hydrogen-bond acceptors (Lipinski definition) is 5. The van der Waals surface area contributed by atoms with E-state index in [1.165, 1.54) is 43.5 Å². The fourth-order valence-corrected chi connectivity index (χ4v) is 2.85. The Balaban J connectivity index is 1.56. The molecule has 1 aromatic carbocycles. The first kappa shape index (κ1) is 20.7. The van der Waals surface area contributed by atoms with Crippen molar-refractivity contribution in [2.24, 2.45) is 0 Å². The van der Waals surface area contributed by atoms with E-state index < -0.39 is 23.9 Å². The number of nitrogens with one attached hydrogen (secondary N) is 3. The maximum absolute atomic E-state index is 13.0. The van der Waals surface area contributed by atoms with Crippen molar-refractivity contribution < 1.29 is 22.7 Å². The van der Waals surface area contributed by atoms with Gasteiger partial charge in [-0.25, -0.2) is 15.8 Å². The van der Waals surface area contributed by atoms with Gasteiger partial charge in [0.1, 0.15) is 5.02 Å². The zero-order valence-corrected chi connectivity index (χ0v) is 15.9. The van der Waals surface area contributed by atoms with Gasteiger partial charge in [-0.3, -0.25) is 4.79 Å². The first-order valence-electron chi connectivity index (χ1n) is 8.08. The number of carbonyl (C=O) groups excluding carboxylic acids is 1. The second-order valence-corrected chi connectivity index (χ2v) is 6.96. The van der Waals surface area contributed by atoms with Crippen molar-refractivity contribution in [3.05, 3.63) is 57.7 Å². The van der Waals surface area contributed by atoms with Gasteiger partial charge in [-0.05, 0) is 24.1 Å². The van der Waals surface area contributed by atoms with Crippen molar-refractivity contribution in [1.82, 2.24) is 21.2 Å². The molecule has 1 aromatic heterocycles. The second kappa shape index (κ2) is 7.75. The minimum absolute atomic E-state index is 0.0373. The summed E-state index contributed by atoms with van der Waals surface area (Å²) in [6.45, 7) is 1.64. The number of amides is 1. The molecule has 0 spiro atoms. The highest BCUT2D eigenvalue weighted by molar-refractivity contribution is 6.35. The van der Waals surface area contributed by atoms with E-state index in [1.54, 1.807) is 0 Å². The smallest absolute Gasteiger partial charge is 0.426 e. The molecule has 28 heavy (non-hydrogen) atoms. The molecule has 11 heteroatoms.